The summed E-state index contributed by atoms with van der Waals surface area (Å²) in [4.78, 5) is 7.50. The van der Waals surface area contributed by atoms with Gasteiger partial charge in [0.25, 0.3) is 0 Å². The summed E-state index contributed by atoms with van der Waals surface area (Å²) < 4.78 is 103. The van der Waals surface area contributed by atoms with Gasteiger partial charge in [0.05, 0.1) is 0 Å². The first-order valence-electron chi connectivity index (χ1n) is 2.06. The second-order valence-electron chi connectivity index (χ2n) is 1.13. The van der Waals surface area contributed by atoms with Crippen LogP contribution < -0.4 is 64.0 Å². The van der Waals surface area contributed by atoms with E-state index >= 15 is 0 Å². The molecule has 0 radical (unpaired) electrons. The Morgan fingerprint density at radius 3 is 0.500 bits per heavy atom. The van der Waals surface area contributed by atoms with E-state index in [1.165, 1.54) is 0 Å². The second kappa shape index (κ2) is 14.5. The van der Waals surface area contributed by atoms with E-state index in [2.05, 4.69) is 6.79 Å². The Hall–Kier alpha value is 1.07. The van der Waals surface area contributed by atoms with Crippen LogP contribution in [0.15, 0.2) is 0 Å². The quantitative estimate of drug-likeness (QED) is 0.329. The number of hydrogen-bond donors (Lipinski definition) is 0. The van der Waals surface area contributed by atoms with Gasteiger partial charge >= 0.3 is 149 Å². The molecule has 0 heterocycles. The third-order valence-corrected chi connectivity index (χ3v) is 0. The summed E-state index contributed by atoms with van der Waals surface area (Å²) in [5.74, 6) is 0. The van der Waals surface area contributed by atoms with Gasteiger partial charge < -0.3 is 0 Å². The molecule has 104 valence electrons. The Labute approximate surface area is 146 Å². The molecule has 0 aliphatic heterocycles. The fraction of sp³-hybridized carbons (Fsp3) is 0. The summed E-state index contributed by atoms with van der Waals surface area (Å²) in [5, 5.41) is 0. The van der Waals surface area contributed by atoms with Crippen LogP contribution in [0.1, 0.15) is 0 Å². The molecule has 0 bridgehead atoms. The Kier molecular flexibility index (Phi) is 25.3. The maximum absolute atomic E-state index is 8.58. The minimum absolute atomic E-state index is 0. The Morgan fingerprint density at radius 1 is 0.500 bits per heavy atom. The van der Waals surface area contributed by atoms with Crippen molar-refractivity contribution in [2.75, 3.05) is 0 Å². The molecular weight excluding hydrogens is 424 g/mol. The van der Waals surface area contributed by atoms with E-state index in [-0.39, 0.29) is 51.4 Å². The van der Waals surface area contributed by atoms with E-state index < -0.39 is 38.9 Å². The molecule has 0 saturated carbocycles. The van der Waals surface area contributed by atoms with Gasteiger partial charge in [-0.1, -0.05) is 0 Å². The Balaban J connectivity index is -0.0000000427. The molecule has 0 aromatic carbocycles. The van der Waals surface area contributed by atoms with Crippen molar-refractivity contribution in [3.63, 3.8) is 0 Å². The van der Waals surface area contributed by atoms with Crippen molar-refractivity contribution in [2.24, 2.45) is 0 Å². The molecular formula is CKMn3O13. The molecule has 0 aliphatic carbocycles. The fourth-order valence-electron chi connectivity index (χ4n) is 0. The molecule has 0 N–H and O–H groups in total. The van der Waals surface area contributed by atoms with Crippen molar-refractivity contribution in [3.05, 3.63) is 0 Å². The van der Waals surface area contributed by atoms with Crippen molar-refractivity contribution in [3.8, 4) is 0 Å². The average Bonchev–Trinajstić information content (AvgIpc) is 1.77. The fourth-order valence-corrected chi connectivity index (χ4v) is 0. The maximum atomic E-state index is 8.58. The second-order valence-corrected chi connectivity index (χ2v) is 4.68. The third-order valence-electron chi connectivity index (χ3n) is 0. The van der Waals surface area contributed by atoms with E-state index in [1.807, 2.05) is 0 Å². The van der Waals surface area contributed by atoms with Crippen molar-refractivity contribution in [2.45, 2.75) is 0 Å². The number of carbonyl (C=O) groups excluding carboxylic acids is 1. The predicted molar refractivity (Wildman–Crippen MR) is 11.9 cm³/mol. The van der Waals surface area contributed by atoms with Crippen molar-refractivity contribution in [1.29, 1.82) is 0 Å². The first-order chi connectivity index (χ1) is 7.00. The summed E-state index contributed by atoms with van der Waals surface area (Å²) in [5.41, 5.74) is 0. The number of rotatable bonds is 0. The van der Waals surface area contributed by atoms with Gasteiger partial charge in [-0.3, -0.25) is 0 Å². The van der Waals surface area contributed by atoms with Gasteiger partial charge in [0.15, 0.2) is 0 Å². The van der Waals surface area contributed by atoms with Crippen molar-refractivity contribution in [1.82, 2.24) is 0 Å². The SMILES string of the molecule is [C+2]=O.[K+].[O]=[Mn](=[O])(=[O])[O-].[O]=[Mn](=[O])(=[O])[O-].[O]=[Mn](=[O])(=[O])[O-]. The van der Waals surface area contributed by atoms with Crippen LogP contribution in [0.4, 0.5) is 0 Å². The van der Waals surface area contributed by atoms with Crippen LogP contribution in [0.5, 0.6) is 0 Å². The Morgan fingerprint density at radius 2 is 0.500 bits per heavy atom. The molecule has 0 unspecified atom stereocenters. The van der Waals surface area contributed by atoms with Gasteiger partial charge in [-0.25, -0.2) is 0 Å². The molecule has 18 heavy (non-hydrogen) atoms. The van der Waals surface area contributed by atoms with Gasteiger partial charge in [0.1, 0.15) is 0 Å². The van der Waals surface area contributed by atoms with Gasteiger partial charge in [0, 0.05) is 0 Å². The molecule has 17 heteroatoms. The summed E-state index contributed by atoms with van der Waals surface area (Å²) in [6.45, 7) is 4.50. The van der Waals surface area contributed by atoms with Crippen LogP contribution >= 0.6 is 0 Å². The Bertz CT molecular complexity index is 500. The number of hydrogen-bond acceptors (Lipinski definition) is 13. The zero-order valence-corrected chi connectivity index (χ0v) is 14.6. The summed E-state index contributed by atoms with van der Waals surface area (Å²) in [7, 11) is 0. The van der Waals surface area contributed by atoms with Crippen LogP contribution in [0.2, 0.25) is 0 Å². The summed E-state index contributed by atoms with van der Waals surface area (Å²) in [6.07, 6.45) is 0. The normalized spacial score (nSPS) is 9.83. The molecule has 0 spiro atoms. The van der Waals surface area contributed by atoms with Gasteiger partial charge in [0.2, 0.25) is 0 Å². The third kappa shape index (κ3) is 3820. The molecule has 0 rings (SSSR count). The van der Waals surface area contributed by atoms with Crippen LogP contribution in [-0.4, -0.2) is 6.79 Å². The van der Waals surface area contributed by atoms with Gasteiger partial charge in [-0.05, 0) is 0 Å². The standard InChI is InChI=1S/CO.K.3Mn.12O/c1-2;;;;;;;;;;;;;;;;/q+2;+1;;;;;;;;;;;;;3*-1. The molecule has 13 nitrogen and oxygen atoms in total. The summed E-state index contributed by atoms with van der Waals surface area (Å²) >= 11 is -16.9. The van der Waals surface area contributed by atoms with Crippen molar-refractivity contribution >= 4 is 6.79 Å². The first-order valence-corrected chi connectivity index (χ1v) is 7.84. The van der Waals surface area contributed by atoms with E-state index in [1.54, 1.807) is 0 Å². The zero-order chi connectivity index (χ0) is 15.5. The molecule has 0 atom stereocenters. The van der Waals surface area contributed by atoms with Gasteiger partial charge in [-0.2, -0.15) is 0 Å². The van der Waals surface area contributed by atoms with E-state index in [0.717, 1.165) is 0 Å². The van der Waals surface area contributed by atoms with Crippen LogP contribution in [0.25, 0.3) is 0 Å². The first kappa shape index (κ1) is 31.5. The molecule has 0 aromatic rings. The molecule has 0 aromatic heterocycles. The summed E-state index contributed by atoms with van der Waals surface area (Å²) in [6, 6.07) is 0. The van der Waals surface area contributed by atoms with E-state index in [9.17, 15) is 0 Å². The van der Waals surface area contributed by atoms with Crippen molar-refractivity contribution < 1.29 is 142 Å². The zero-order valence-electron chi connectivity index (χ0n) is 7.94. The molecule has 0 aliphatic rings. The van der Waals surface area contributed by atoms with E-state index in [0.29, 0.717) is 0 Å². The minimum atomic E-state index is -5.62. The topological polar surface area (TPSA) is 240 Å². The van der Waals surface area contributed by atoms with Crippen LogP contribution in [-0.2, 0) is 78.2 Å². The molecule has 0 fully saturated rings. The van der Waals surface area contributed by atoms with Crippen LogP contribution in [0, 0.1) is 0 Å². The predicted octanol–water partition coefficient (Wildman–Crippen LogP) is -8.04. The average molecular weight is 424 g/mol. The molecule has 0 saturated heterocycles. The monoisotopic (exact) mass is 424 g/mol. The van der Waals surface area contributed by atoms with Gasteiger partial charge in [-0.15, -0.1) is 0 Å². The van der Waals surface area contributed by atoms with Crippen LogP contribution in [0.3, 0.4) is 0 Å². The molecule has 0 amide bonds. The van der Waals surface area contributed by atoms with E-state index in [4.69, 9.17) is 51.9 Å².